The Morgan fingerprint density at radius 1 is 1.24 bits per heavy atom. The van der Waals surface area contributed by atoms with Crippen LogP contribution in [-0.4, -0.2) is 37.1 Å². The second kappa shape index (κ2) is 6.39. The van der Waals surface area contributed by atoms with Gasteiger partial charge in [-0.15, -0.1) is 0 Å². The Hall–Kier alpha value is -0.380. The smallest absolute Gasteiger partial charge is 0.0327 e. The van der Waals surface area contributed by atoms with E-state index in [2.05, 4.69) is 64.5 Å². The fourth-order valence-corrected chi connectivity index (χ4v) is 4.38. The predicted octanol–water partition coefficient (Wildman–Crippen LogP) is 4.16. The molecule has 0 amide bonds. The first-order chi connectivity index (χ1) is 10.1. The molecule has 116 valence electrons. The van der Waals surface area contributed by atoms with Crippen molar-refractivity contribution in [1.29, 1.82) is 0 Å². The van der Waals surface area contributed by atoms with E-state index in [1.165, 1.54) is 48.6 Å². The maximum atomic E-state index is 3.84. The molecule has 2 aliphatic carbocycles. The first-order valence-electron chi connectivity index (χ1n) is 8.25. The van der Waals surface area contributed by atoms with Crippen LogP contribution in [0.1, 0.15) is 50.0 Å². The Kier molecular flexibility index (Phi) is 4.72. The van der Waals surface area contributed by atoms with E-state index in [9.17, 15) is 0 Å². The van der Waals surface area contributed by atoms with Crippen molar-refractivity contribution in [1.82, 2.24) is 10.2 Å². The molecule has 2 aliphatic rings. The molecule has 1 N–H and O–H groups in total. The molecule has 2 saturated carbocycles. The minimum Gasteiger partial charge on any atom is -0.312 e. The van der Waals surface area contributed by atoms with Crippen LogP contribution in [0.25, 0.3) is 0 Å². The number of likely N-dealkylation sites (N-methyl/N-ethyl adjacent to an activating group) is 1. The molecule has 0 saturated heterocycles. The number of halogens is 1. The lowest BCUT2D eigenvalue weighted by atomic mass is 9.75. The lowest BCUT2D eigenvalue weighted by Gasteiger charge is -2.42. The molecular weight excluding hydrogens is 324 g/mol. The summed E-state index contributed by atoms with van der Waals surface area (Å²) in [5.41, 5.74) is 1.91. The van der Waals surface area contributed by atoms with Gasteiger partial charge in [0.25, 0.3) is 0 Å². The Balaban J connectivity index is 1.49. The third-order valence-electron chi connectivity index (χ3n) is 5.66. The van der Waals surface area contributed by atoms with Gasteiger partial charge in [-0.25, -0.2) is 0 Å². The molecule has 2 nitrogen and oxygen atoms in total. The van der Waals surface area contributed by atoms with Crippen molar-refractivity contribution in [2.45, 2.75) is 56.0 Å². The largest absolute Gasteiger partial charge is 0.312 e. The first-order valence-corrected chi connectivity index (χ1v) is 9.05. The molecule has 0 aromatic heterocycles. The van der Waals surface area contributed by atoms with Crippen LogP contribution in [0.15, 0.2) is 28.7 Å². The van der Waals surface area contributed by atoms with Crippen molar-refractivity contribution in [2.24, 2.45) is 0 Å². The molecule has 21 heavy (non-hydrogen) atoms. The average Bonchev–Trinajstić information content (AvgIpc) is 2.87. The van der Waals surface area contributed by atoms with Crippen LogP contribution in [0.4, 0.5) is 0 Å². The molecule has 0 heterocycles. The maximum absolute atomic E-state index is 3.84. The molecule has 3 heteroatoms. The van der Waals surface area contributed by atoms with Crippen LogP contribution in [0.5, 0.6) is 0 Å². The van der Waals surface area contributed by atoms with Gasteiger partial charge in [0.05, 0.1) is 0 Å². The number of benzene rings is 1. The SMILES string of the molecule is CN(C)C1(CNC2CC(c3cccc(Br)c3)C2)CCCC1. The molecule has 0 aliphatic heterocycles. The zero-order chi connectivity index (χ0) is 14.9. The highest BCUT2D eigenvalue weighted by molar-refractivity contribution is 9.10. The molecule has 0 radical (unpaired) electrons. The summed E-state index contributed by atoms with van der Waals surface area (Å²) in [5.74, 6) is 0.749. The van der Waals surface area contributed by atoms with Crippen molar-refractivity contribution >= 4 is 15.9 Å². The molecule has 0 unspecified atom stereocenters. The van der Waals surface area contributed by atoms with Crippen molar-refractivity contribution in [3.8, 4) is 0 Å². The summed E-state index contributed by atoms with van der Waals surface area (Å²) in [6.45, 7) is 1.16. The third kappa shape index (κ3) is 3.35. The number of rotatable bonds is 5. The number of hydrogen-bond donors (Lipinski definition) is 1. The summed E-state index contributed by atoms with van der Waals surface area (Å²) in [4.78, 5) is 2.46. The van der Waals surface area contributed by atoms with Crippen LogP contribution >= 0.6 is 15.9 Å². The minimum absolute atomic E-state index is 0.418. The summed E-state index contributed by atoms with van der Waals surface area (Å²) in [6, 6.07) is 9.52. The van der Waals surface area contributed by atoms with E-state index in [4.69, 9.17) is 0 Å². The van der Waals surface area contributed by atoms with E-state index in [-0.39, 0.29) is 0 Å². The van der Waals surface area contributed by atoms with Crippen molar-refractivity contribution in [2.75, 3.05) is 20.6 Å². The van der Waals surface area contributed by atoms with Gasteiger partial charge in [-0.2, -0.15) is 0 Å². The quantitative estimate of drug-likeness (QED) is 0.857. The number of nitrogens with zero attached hydrogens (tertiary/aromatic N) is 1. The van der Waals surface area contributed by atoms with Crippen molar-refractivity contribution < 1.29 is 0 Å². The van der Waals surface area contributed by atoms with E-state index < -0.39 is 0 Å². The number of hydrogen-bond acceptors (Lipinski definition) is 2. The van der Waals surface area contributed by atoms with Gasteiger partial charge in [-0.1, -0.05) is 40.9 Å². The van der Waals surface area contributed by atoms with Gasteiger partial charge in [-0.05, 0) is 63.4 Å². The van der Waals surface area contributed by atoms with E-state index in [0.29, 0.717) is 11.6 Å². The zero-order valence-corrected chi connectivity index (χ0v) is 14.8. The van der Waals surface area contributed by atoms with Crippen LogP contribution in [-0.2, 0) is 0 Å². The van der Waals surface area contributed by atoms with E-state index in [1.807, 2.05) is 0 Å². The second-order valence-corrected chi connectivity index (χ2v) is 8.04. The highest BCUT2D eigenvalue weighted by Gasteiger charge is 2.38. The molecule has 2 fully saturated rings. The standard InChI is InChI=1S/C18H27BrN2/c1-21(2)18(8-3-4-9-18)13-20-17-11-15(12-17)14-6-5-7-16(19)10-14/h5-7,10,15,17,20H,3-4,8-9,11-13H2,1-2H3. The molecule has 1 aromatic carbocycles. The van der Waals surface area contributed by atoms with Crippen LogP contribution < -0.4 is 5.32 Å². The Morgan fingerprint density at radius 3 is 2.57 bits per heavy atom. The summed E-state index contributed by atoms with van der Waals surface area (Å²) < 4.78 is 1.20. The third-order valence-corrected chi connectivity index (χ3v) is 6.15. The molecule has 3 rings (SSSR count). The fraction of sp³-hybridized carbons (Fsp3) is 0.667. The normalized spacial score (nSPS) is 27.8. The summed E-state index contributed by atoms with van der Waals surface area (Å²) in [7, 11) is 4.50. The van der Waals surface area contributed by atoms with Crippen LogP contribution in [0.3, 0.4) is 0 Å². The highest BCUT2D eigenvalue weighted by atomic mass is 79.9. The zero-order valence-electron chi connectivity index (χ0n) is 13.2. The van der Waals surface area contributed by atoms with Gasteiger partial charge in [0.2, 0.25) is 0 Å². The molecule has 0 atom stereocenters. The van der Waals surface area contributed by atoms with E-state index in [1.54, 1.807) is 0 Å². The second-order valence-electron chi connectivity index (χ2n) is 7.13. The monoisotopic (exact) mass is 350 g/mol. The lowest BCUT2D eigenvalue weighted by molar-refractivity contribution is 0.138. The number of nitrogens with one attached hydrogen (secondary N) is 1. The Morgan fingerprint density at radius 2 is 1.95 bits per heavy atom. The van der Waals surface area contributed by atoms with Gasteiger partial charge in [0.15, 0.2) is 0 Å². The van der Waals surface area contributed by atoms with Gasteiger partial charge in [-0.3, -0.25) is 0 Å². The fourth-order valence-electron chi connectivity index (χ4n) is 3.97. The maximum Gasteiger partial charge on any atom is 0.0327 e. The van der Waals surface area contributed by atoms with Crippen molar-refractivity contribution in [3.05, 3.63) is 34.3 Å². The average molecular weight is 351 g/mol. The molecule has 1 aromatic rings. The van der Waals surface area contributed by atoms with Gasteiger partial charge >= 0.3 is 0 Å². The van der Waals surface area contributed by atoms with Crippen LogP contribution in [0.2, 0.25) is 0 Å². The lowest BCUT2D eigenvalue weighted by Crippen LogP contribution is -2.53. The summed E-state index contributed by atoms with van der Waals surface area (Å²) in [6.07, 6.45) is 8.08. The van der Waals surface area contributed by atoms with E-state index >= 15 is 0 Å². The first kappa shape index (κ1) is 15.5. The topological polar surface area (TPSA) is 15.3 Å². The van der Waals surface area contributed by atoms with Crippen molar-refractivity contribution in [3.63, 3.8) is 0 Å². The minimum atomic E-state index is 0.418. The molecule has 0 bridgehead atoms. The Bertz CT molecular complexity index is 474. The Labute approximate surface area is 137 Å². The highest BCUT2D eigenvalue weighted by Crippen LogP contribution is 2.39. The molecular formula is C18H27BrN2. The summed E-state index contributed by atoms with van der Waals surface area (Å²) in [5, 5.41) is 3.84. The van der Waals surface area contributed by atoms with Crippen LogP contribution in [0, 0.1) is 0 Å². The predicted molar refractivity (Wildman–Crippen MR) is 92.8 cm³/mol. The van der Waals surface area contributed by atoms with Gasteiger partial charge in [0.1, 0.15) is 0 Å². The van der Waals surface area contributed by atoms with E-state index in [0.717, 1.165) is 12.5 Å². The van der Waals surface area contributed by atoms with Gasteiger partial charge < -0.3 is 10.2 Å². The summed E-state index contributed by atoms with van der Waals surface area (Å²) >= 11 is 3.58. The molecule has 0 spiro atoms. The van der Waals surface area contributed by atoms with Gasteiger partial charge in [0, 0.05) is 22.6 Å².